The fraction of sp³-hybridized carbons (Fsp3) is 0.588. The lowest BCUT2D eigenvalue weighted by Crippen LogP contribution is -2.45. The number of carbonyl (C=O) groups is 1. The van der Waals surface area contributed by atoms with Gasteiger partial charge >= 0.3 is 6.18 Å². The van der Waals surface area contributed by atoms with Gasteiger partial charge in [0, 0.05) is 19.6 Å². The number of alkyl halides is 3. The molecule has 0 saturated heterocycles. The van der Waals surface area contributed by atoms with Crippen LogP contribution in [0.2, 0.25) is 0 Å². The van der Waals surface area contributed by atoms with Crippen molar-refractivity contribution in [2.24, 2.45) is 23.5 Å². The molecule has 0 aromatic heterocycles. The number of halogens is 4. The Kier molecular flexibility index (Phi) is 5.50. The lowest BCUT2D eigenvalue weighted by atomic mass is 9.84. The van der Waals surface area contributed by atoms with Gasteiger partial charge in [0.1, 0.15) is 0 Å². The average molecular weight is 363 g/mol. The minimum atomic E-state index is -4.37. The number of amides is 1. The molecule has 2 aliphatic carbocycles. The molecule has 2 aliphatic rings. The molecule has 0 heterocycles. The Morgan fingerprint density at radius 1 is 1.29 bits per heavy atom. The largest absolute Gasteiger partial charge is 0.416 e. The molecule has 2 N–H and O–H groups in total. The Labute approximate surface area is 145 Å². The topological polar surface area (TPSA) is 46.3 Å². The number of nitrogens with zero attached hydrogens (tertiary/aromatic N) is 1. The lowest BCUT2D eigenvalue weighted by molar-refractivity contribution is -0.137. The lowest BCUT2D eigenvalue weighted by Gasteiger charge is -2.31. The molecule has 134 valence electrons. The van der Waals surface area contributed by atoms with E-state index in [9.17, 15) is 18.0 Å². The molecule has 7 heteroatoms. The summed E-state index contributed by atoms with van der Waals surface area (Å²) in [5, 5.41) is 0. The number of benzene rings is 1. The van der Waals surface area contributed by atoms with E-state index in [0.717, 1.165) is 31.4 Å². The van der Waals surface area contributed by atoms with E-state index in [4.69, 9.17) is 5.73 Å². The minimum absolute atomic E-state index is 0. The normalized spacial score (nSPS) is 28.5. The maximum atomic E-state index is 12.8. The van der Waals surface area contributed by atoms with Gasteiger partial charge in [0.15, 0.2) is 0 Å². The summed E-state index contributed by atoms with van der Waals surface area (Å²) in [5.41, 5.74) is 5.97. The van der Waals surface area contributed by atoms with Crippen LogP contribution in [-0.4, -0.2) is 23.9 Å². The van der Waals surface area contributed by atoms with Crippen LogP contribution in [0.4, 0.5) is 13.2 Å². The smallest absolute Gasteiger partial charge is 0.341 e. The minimum Gasteiger partial charge on any atom is -0.341 e. The van der Waals surface area contributed by atoms with Crippen molar-refractivity contribution >= 4 is 18.3 Å². The third kappa shape index (κ3) is 3.54. The number of hydrogen-bond donors (Lipinski definition) is 1. The molecule has 1 aromatic carbocycles. The third-order valence-electron chi connectivity index (χ3n) is 5.32. The van der Waals surface area contributed by atoms with Crippen LogP contribution in [0.25, 0.3) is 0 Å². The second kappa shape index (κ2) is 6.92. The summed E-state index contributed by atoms with van der Waals surface area (Å²) in [4.78, 5) is 14.2. The highest BCUT2D eigenvalue weighted by atomic mass is 35.5. The van der Waals surface area contributed by atoms with Crippen molar-refractivity contribution in [3.8, 4) is 0 Å². The van der Waals surface area contributed by atoms with Crippen LogP contribution in [0.15, 0.2) is 24.3 Å². The van der Waals surface area contributed by atoms with E-state index in [-0.39, 0.29) is 36.8 Å². The third-order valence-corrected chi connectivity index (χ3v) is 5.32. The summed E-state index contributed by atoms with van der Waals surface area (Å²) >= 11 is 0. The molecule has 4 unspecified atom stereocenters. The van der Waals surface area contributed by atoms with Crippen LogP contribution in [0.3, 0.4) is 0 Å². The summed E-state index contributed by atoms with van der Waals surface area (Å²) < 4.78 is 38.3. The van der Waals surface area contributed by atoms with Gasteiger partial charge in [-0.3, -0.25) is 4.79 Å². The van der Waals surface area contributed by atoms with Crippen molar-refractivity contribution in [1.29, 1.82) is 0 Å². The second-order valence-electron chi connectivity index (χ2n) is 6.83. The van der Waals surface area contributed by atoms with E-state index >= 15 is 0 Å². The number of nitrogens with two attached hydrogens (primary N) is 1. The maximum absolute atomic E-state index is 12.8. The Bertz CT molecular complexity index is 606. The van der Waals surface area contributed by atoms with E-state index in [1.165, 1.54) is 11.0 Å². The highest BCUT2D eigenvalue weighted by Crippen LogP contribution is 2.48. The monoisotopic (exact) mass is 362 g/mol. The number of hydrogen-bond acceptors (Lipinski definition) is 2. The zero-order chi connectivity index (χ0) is 16.8. The molecule has 3 nitrogen and oxygen atoms in total. The van der Waals surface area contributed by atoms with Crippen LogP contribution in [0.1, 0.15) is 30.4 Å². The van der Waals surface area contributed by atoms with Gasteiger partial charge in [0.25, 0.3) is 0 Å². The standard InChI is InChI=1S/C17H21F3N2O.ClH/c1-22(9-10-3-2-4-13(7-10)17(18,19)20)16(23)14-11-5-6-12(8-11)15(14)21;/h2-4,7,11-12,14-15H,5-6,8-9,21H2,1H3;1H. The van der Waals surface area contributed by atoms with Crippen molar-refractivity contribution in [3.63, 3.8) is 0 Å². The molecule has 2 saturated carbocycles. The van der Waals surface area contributed by atoms with Gasteiger partial charge in [-0.15, -0.1) is 12.4 Å². The molecule has 4 atom stereocenters. The summed E-state index contributed by atoms with van der Waals surface area (Å²) in [6, 6.07) is 5.02. The fourth-order valence-corrected chi connectivity index (χ4v) is 4.15. The first kappa shape index (κ1) is 19.1. The zero-order valence-corrected chi connectivity index (χ0v) is 14.2. The highest BCUT2D eigenvalue weighted by molar-refractivity contribution is 5.85. The molecular formula is C17H22ClF3N2O. The predicted octanol–water partition coefficient (Wildman–Crippen LogP) is 3.46. The first-order valence-corrected chi connectivity index (χ1v) is 7.94. The first-order valence-electron chi connectivity index (χ1n) is 7.94. The van der Waals surface area contributed by atoms with Crippen LogP contribution in [0, 0.1) is 17.8 Å². The van der Waals surface area contributed by atoms with Crippen LogP contribution in [-0.2, 0) is 17.5 Å². The number of rotatable bonds is 3. The molecule has 0 aliphatic heterocycles. The molecular weight excluding hydrogens is 341 g/mol. The van der Waals surface area contributed by atoms with Gasteiger partial charge in [0.05, 0.1) is 11.5 Å². The molecule has 1 amide bonds. The van der Waals surface area contributed by atoms with Crippen molar-refractivity contribution < 1.29 is 18.0 Å². The SMILES string of the molecule is CN(Cc1cccc(C(F)(F)F)c1)C(=O)C1C2CCC(C2)C1N.Cl. The van der Waals surface area contributed by atoms with Gasteiger partial charge in [-0.05, 0) is 48.8 Å². The highest BCUT2D eigenvalue weighted by Gasteiger charge is 2.49. The van der Waals surface area contributed by atoms with Gasteiger partial charge in [-0.2, -0.15) is 13.2 Å². The Morgan fingerprint density at radius 3 is 2.54 bits per heavy atom. The number of fused-ring (bicyclic) bond motifs is 2. The molecule has 24 heavy (non-hydrogen) atoms. The zero-order valence-electron chi connectivity index (χ0n) is 13.4. The van der Waals surface area contributed by atoms with E-state index in [1.54, 1.807) is 13.1 Å². The van der Waals surface area contributed by atoms with Gasteiger partial charge in [-0.25, -0.2) is 0 Å². The van der Waals surface area contributed by atoms with Crippen LogP contribution >= 0.6 is 12.4 Å². The number of carbonyl (C=O) groups excluding carboxylic acids is 1. The van der Waals surface area contributed by atoms with E-state index in [0.29, 0.717) is 17.4 Å². The van der Waals surface area contributed by atoms with Crippen molar-refractivity contribution in [2.45, 2.75) is 38.0 Å². The maximum Gasteiger partial charge on any atom is 0.416 e. The van der Waals surface area contributed by atoms with Crippen molar-refractivity contribution in [1.82, 2.24) is 4.90 Å². The summed E-state index contributed by atoms with van der Waals surface area (Å²) in [5.74, 6) is 0.550. The second-order valence-corrected chi connectivity index (χ2v) is 6.83. The van der Waals surface area contributed by atoms with Crippen LogP contribution in [0.5, 0.6) is 0 Å². The molecule has 0 spiro atoms. The quantitative estimate of drug-likeness (QED) is 0.895. The molecule has 1 aromatic rings. The molecule has 3 rings (SSSR count). The molecule has 2 fully saturated rings. The van der Waals surface area contributed by atoms with Gasteiger partial charge in [-0.1, -0.05) is 12.1 Å². The summed E-state index contributed by atoms with van der Waals surface area (Å²) in [6.07, 6.45) is -1.24. The average Bonchev–Trinajstić information content (AvgIpc) is 3.07. The summed E-state index contributed by atoms with van der Waals surface area (Å²) in [6.45, 7) is 0.170. The van der Waals surface area contributed by atoms with Crippen molar-refractivity contribution in [3.05, 3.63) is 35.4 Å². The van der Waals surface area contributed by atoms with Crippen molar-refractivity contribution in [2.75, 3.05) is 7.05 Å². The van der Waals surface area contributed by atoms with Gasteiger partial charge < -0.3 is 10.6 Å². The molecule has 2 bridgehead atoms. The Balaban J connectivity index is 0.00000208. The van der Waals surface area contributed by atoms with E-state index < -0.39 is 11.7 Å². The Hall–Kier alpha value is -1.27. The Morgan fingerprint density at radius 2 is 1.96 bits per heavy atom. The molecule has 0 radical (unpaired) electrons. The summed E-state index contributed by atoms with van der Waals surface area (Å²) in [7, 11) is 1.64. The van der Waals surface area contributed by atoms with E-state index in [1.807, 2.05) is 0 Å². The first-order chi connectivity index (χ1) is 10.8. The fourth-order valence-electron chi connectivity index (χ4n) is 4.15. The van der Waals surface area contributed by atoms with Gasteiger partial charge in [0.2, 0.25) is 5.91 Å². The predicted molar refractivity (Wildman–Crippen MR) is 87.5 cm³/mol. The van der Waals surface area contributed by atoms with Crippen LogP contribution < -0.4 is 5.73 Å². The van der Waals surface area contributed by atoms with E-state index in [2.05, 4.69) is 0 Å².